The van der Waals surface area contributed by atoms with Crippen molar-refractivity contribution in [2.24, 2.45) is 0 Å². The average Bonchev–Trinajstić information content (AvgIpc) is 3.02. The maximum atomic E-state index is 12.0. The van der Waals surface area contributed by atoms with Gasteiger partial charge in [-0.25, -0.2) is 9.48 Å². The van der Waals surface area contributed by atoms with Crippen molar-refractivity contribution < 1.29 is 9.90 Å². The first-order valence-electron chi connectivity index (χ1n) is 8.06. The molecule has 0 fully saturated rings. The average molecular weight is 331 g/mol. The van der Waals surface area contributed by atoms with Crippen LogP contribution in [0.3, 0.4) is 0 Å². The molecule has 3 rings (SSSR count). The summed E-state index contributed by atoms with van der Waals surface area (Å²) in [5, 5.41) is 23.3. The van der Waals surface area contributed by atoms with Crippen LogP contribution in [0.5, 0.6) is 0 Å². The van der Waals surface area contributed by atoms with Crippen molar-refractivity contribution >= 4 is 5.97 Å². The third-order valence-electron chi connectivity index (χ3n) is 3.97. The molecule has 0 aliphatic heterocycles. The molecule has 0 aliphatic rings. The minimum atomic E-state index is -0.995. The highest BCUT2D eigenvalue weighted by Crippen LogP contribution is 2.29. The summed E-state index contributed by atoms with van der Waals surface area (Å²) < 4.78 is 1.71. The van der Waals surface area contributed by atoms with Gasteiger partial charge in [0.25, 0.3) is 0 Å². The van der Waals surface area contributed by atoms with E-state index in [1.165, 1.54) is 0 Å². The molecule has 3 aromatic rings. The first-order chi connectivity index (χ1) is 12.2. The van der Waals surface area contributed by atoms with E-state index in [-0.39, 0.29) is 5.56 Å². The number of aromatic carboxylic acids is 1. The quantitative estimate of drug-likeness (QED) is 0.764. The zero-order chi connectivity index (χ0) is 17.8. The number of aromatic nitrogens is 2. The van der Waals surface area contributed by atoms with Crippen LogP contribution in [0.25, 0.3) is 16.9 Å². The van der Waals surface area contributed by atoms with Gasteiger partial charge in [-0.15, -0.1) is 0 Å². The lowest BCUT2D eigenvalue weighted by atomic mass is 10.0. The van der Waals surface area contributed by atoms with Crippen LogP contribution in [0, 0.1) is 11.3 Å². The Morgan fingerprint density at radius 3 is 2.40 bits per heavy atom. The molecule has 2 aromatic carbocycles. The second-order valence-corrected chi connectivity index (χ2v) is 5.66. The number of para-hydroxylation sites is 1. The van der Waals surface area contributed by atoms with Crippen molar-refractivity contribution in [1.82, 2.24) is 9.78 Å². The van der Waals surface area contributed by atoms with Crippen molar-refractivity contribution in [2.45, 2.75) is 19.8 Å². The Balaban J connectivity index is 2.24. The van der Waals surface area contributed by atoms with Crippen molar-refractivity contribution in [1.29, 1.82) is 5.26 Å². The monoisotopic (exact) mass is 331 g/mol. The minimum absolute atomic E-state index is 0.218. The van der Waals surface area contributed by atoms with Gasteiger partial charge in [0.1, 0.15) is 11.3 Å². The van der Waals surface area contributed by atoms with E-state index in [1.54, 1.807) is 28.9 Å². The fourth-order valence-electron chi connectivity index (χ4n) is 2.83. The maximum absolute atomic E-state index is 12.0. The molecule has 0 bridgehead atoms. The van der Waals surface area contributed by atoms with Crippen molar-refractivity contribution in [3.63, 3.8) is 0 Å². The van der Waals surface area contributed by atoms with Gasteiger partial charge in [-0.3, -0.25) is 0 Å². The van der Waals surface area contributed by atoms with Gasteiger partial charge in [0.2, 0.25) is 0 Å². The zero-order valence-electron chi connectivity index (χ0n) is 13.8. The summed E-state index contributed by atoms with van der Waals surface area (Å²) in [5.41, 5.74) is 3.36. The zero-order valence-corrected chi connectivity index (χ0v) is 13.8. The van der Waals surface area contributed by atoms with Crippen molar-refractivity contribution in [2.75, 3.05) is 0 Å². The summed E-state index contributed by atoms with van der Waals surface area (Å²) in [6.45, 7) is 2.01. The topological polar surface area (TPSA) is 78.9 Å². The number of benzene rings is 2. The number of carboxylic acids is 1. The second-order valence-electron chi connectivity index (χ2n) is 5.66. The van der Waals surface area contributed by atoms with E-state index in [9.17, 15) is 9.90 Å². The van der Waals surface area contributed by atoms with E-state index < -0.39 is 5.97 Å². The Labute approximate surface area is 145 Å². The number of rotatable bonds is 5. The summed E-state index contributed by atoms with van der Waals surface area (Å²) in [6.07, 6.45) is 1.42. The highest BCUT2D eigenvalue weighted by Gasteiger charge is 2.24. The molecule has 0 saturated carbocycles. The fraction of sp³-hybridized carbons (Fsp3) is 0.150. The molecule has 0 atom stereocenters. The first kappa shape index (κ1) is 16.5. The molecule has 0 spiro atoms. The van der Waals surface area contributed by atoms with E-state index in [2.05, 4.69) is 11.2 Å². The van der Waals surface area contributed by atoms with Crippen LogP contribution < -0.4 is 0 Å². The number of hydrogen-bond acceptors (Lipinski definition) is 3. The molecule has 0 aliphatic carbocycles. The number of carboxylic acid groups (broad SMARTS) is 1. The van der Waals surface area contributed by atoms with Gasteiger partial charge < -0.3 is 5.11 Å². The van der Waals surface area contributed by atoms with Crippen LogP contribution in [0.4, 0.5) is 0 Å². The predicted molar refractivity (Wildman–Crippen MR) is 94.7 cm³/mol. The number of nitriles is 1. The SMILES string of the molecule is CCCc1c(C(=O)O)c(-c2ccc(C#N)cc2)nn1-c1ccccc1. The normalized spacial score (nSPS) is 10.4. The van der Waals surface area contributed by atoms with Crippen LogP contribution in [0.1, 0.15) is 35.0 Å². The van der Waals surface area contributed by atoms with Crippen LogP contribution in [-0.2, 0) is 6.42 Å². The molecule has 0 saturated heterocycles. The van der Waals surface area contributed by atoms with E-state index in [0.717, 1.165) is 12.1 Å². The van der Waals surface area contributed by atoms with Gasteiger partial charge in [0.05, 0.1) is 23.0 Å². The Morgan fingerprint density at radius 2 is 1.84 bits per heavy atom. The smallest absolute Gasteiger partial charge is 0.339 e. The summed E-state index contributed by atoms with van der Waals surface area (Å²) >= 11 is 0. The highest BCUT2D eigenvalue weighted by atomic mass is 16.4. The van der Waals surface area contributed by atoms with Crippen LogP contribution >= 0.6 is 0 Å². The Kier molecular flexibility index (Phi) is 4.62. The highest BCUT2D eigenvalue weighted by molar-refractivity contribution is 5.96. The molecule has 5 heteroatoms. The maximum Gasteiger partial charge on any atom is 0.339 e. The van der Waals surface area contributed by atoms with E-state index >= 15 is 0 Å². The third-order valence-corrected chi connectivity index (χ3v) is 3.97. The molecule has 5 nitrogen and oxygen atoms in total. The van der Waals surface area contributed by atoms with Gasteiger partial charge in [-0.05, 0) is 30.7 Å². The second kappa shape index (κ2) is 7.02. The lowest BCUT2D eigenvalue weighted by Crippen LogP contribution is -2.06. The molecule has 124 valence electrons. The third kappa shape index (κ3) is 3.15. The largest absolute Gasteiger partial charge is 0.478 e. The lowest BCUT2D eigenvalue weighted by molar-refractivity contribution is 0.0696. The molecular weight excluding hydrogens is 314 g/mol. The summed E-state index contributed by atoms with van der Waals surface area (Å²) in [6, 6.07) is 18.4. The van der Waals surface area contributed by atoms with Gasteiger partial charge in [0, 0.05) is 5.56 Å². The molecule has 25 heavy (non-hydrogen) atoms. The number of nitrogens with zero attached hydrogens (tertiary/aromatic N) is 3. The van der Waals surface area contributed by atoms with Crippen LogP contribution in [-0.4, -0.2) is 20.9 Å². The Bertz CT molecular complexity index is 936. The van der Waals surface area contributed by atoms with E-state index in [4.69, 9.17) is 5.26 Å². The predicted octanol–water partition coefficient (Wildman–Crippen LogP) is 4.06. The van der Waals surface area contributed by atoms with Crippen molar-refractivity contribution in [3.8, 4) is 23.0 Å². The van der Waals surface area contributed by atoms with E-state index in [1.807, 2.05) is 37.3 Å². The molecule has 1 heterocycles. The fourth-order valence-corrected chi connectivity index (χ4v) is 2.83. The van der Waals surface area contributed by atoms with Gasteiger partial charge in [-0.1, -0.05) is 43.7 Å². The van der Waals surface area contributed by atoms with Crippen LogP contribution in [0.15, 0.2) is 54.6 Å². The molecular formula is C20H17N3O2. The molecule has 1 N–H and O–H groups in total. The molecule has 0 radical (unpaired) electrons. The minimum Gasteiger partial charge on any atom is -0.478 e. The standard InChI is InChI=1S/C20H17N3O2/c1-2-6-17-18(20(24)25)19(15-11-9-14(13-21)10-12-15)22-23(17)16-7-4-3-5-8-16/h3-5,7-12H,2,6H2,1H3,(H,24,25). The number of carbonyl (C=O) groups is 1. The van der Waals surface area contributed by atoms with Crippen LogP contribution in [0.2, 0.25) is 0 Å². The van der Waals surface area contributed by atoms with Gasteiger partial charge >= 0.3 is 5.97 Å². The summed E-state index contributed by atoms with van der Waals surface area (Å²) in [5.74, 6) is -0.995. The molecule has 0 unspecified atom stereocenters. The molecule has 1 aromatic heterocycles. The van der Waals surface area contributed by atoms with E-state index in [0.29, 0.717) is 28.9 Å². The lowest BCUT2D eigenvalue weighted by Gasteiger charge is -2.07. The first-order valence-corrected chi connectivity index (χ1v) is 8.06. The van der Waals surface area contributed by atoms with Gasteiger partial charge in [0.15, 0.2) is 0 Å². The number of hydrogen-bond donors (Lipinski definition) is 1. The van der Waals surface area contributed by atoms with Crippen molar-refractivity contribution in [3.05, 3.63) is 71.4 Å². The summed E-state index contributed by atoms with van der Waals surface area (Å²) in [4.78, 5) is 12.0. The molecule has 0 amide bonds. The van der Waals surface area contributed by atoms with Gasteiger partial charge in [-0.2, -0.15) is 10.4 Å². The Morgan fingerprint density at radius 1 is 1.16 bits per heavy atom. The summed E-state index contributed by atoms with van der Waals surface area (Å²) in [7, 11) is 0. The Hall–Kier alpha value is -3.39.